The molecule has 1 amide bonds. The van der Waals surface area contributed by atoms with E-state index in [1.54, 1.807) is 43.3 Å². The van der Waals surface area contributed by atoms with Crippen LogP contribution in [0.1, 0.15) is 33.9 Å². The Morgan fingerprint density at radius 3 is 2.62 bits per heavy atom. The monoisotopic (exact) mass is 491 g/mol. The lowest BCUT2D eigenvalue weighted by atomic mass is 10.1. The van der Waals surface area contributed by atoms with Crippen molar-refractivity contribution < 1.29 is 27.4 Å². The maximum absolute atomic E-state index is 13.9. The number of carbonyl (C=O) groups excluding carboxylic acids is 1. The summed E-state index contributed by atoms with van der Waals surface area (Å²) < 4.78 is 52.2. The number of hydrogen-bond donors (Lipinski definition) is 1. The molecular formula is C24H24F3N3O3S. The van der Waals surface area contributed by atoms with Crippen LogP contribution in [0.25, 0.3) is 10.6 Å². The van der Waals surface area contributed by atoms with Crippen LogP contribution in [0.15, 0.2) is 48.5 Å². The maximum Gasteiger partial charge on any atom is 0.435 e. The molecule has 0 unspecified atom stereocenters. The Labute approximate surface area is 199 Å². The number of rotatable bonds is 6. The minimum absolute atomic E-state index is 0.147. The van der Waals surface area contributed by atoms with Gasteiger partial charge in [-0.2, -0.15) is 13.2 Å². The van der Waals surface area contributed by atoms with E-state index >= 15 is 0 Å². The van der Waals surface area contributed by atoms with Gasteiger partial charge in [0.1, 0.15) is 15.6 Å². The van der Waals surface area contributed by atoms with Gasteiger partial charge in [0.2, 0.25) is 0 Å². The third-order valence-corrected chi connectivity index (χ3v) is 6.62. The fraction of sp³-hybridized carbons (Fsp3) is 0.333. The number of halogens is 3. The minimum atomic E-state index is -4.77. The zero-order chi connectivity index (χ0) is 24.3. The van der Waals surface area contributed by atoms with Crippen LogP contribution in [0.5, 0.6) is 5.75 Å². The molecule has 6 nitrogen and oxygen atoms in total. The third kappa shape index (κ3) is 5.18. The molecular weight excluding hydrogens is 467 g/mol. The number of aromatic nitrogens is 1. The number of carbonyl (C=O) groups is 1. The standard InChI is InChI=1S/C24H24F3N3O3S/c1-15(16-6-5-7-17(14-16)32-2)28-22(31)20-21(24(25,26)27)29-23(34-20)18-8-3-4-9-19(18)30-10-12-33-13-11-30/h3-9,14-15H,10-13H2,1-2H3,(H,28,31)/t15-/m0/s1. The molecule has 34 heavy (non-hydrogen) atoms. The highest BCUT2D eigenvalue weighted by molar-refractivity contribution is 7.17. The third-order valence-electron chi connectivity index (χ3n) is 5.53. The van der Waals surface area contributed by atoms with Gasteiger partial charge in [-0.25, -0.2) is 4.98 Å². The molecule has 2 heterocycles. The van der Waals surface area contributed by atoms with Crippen molar-refractivity contribution in [2.24, 2.45) is 0 Å². The number of alkyl halides is 3. The average molecular weight is 492 g/mol. The molecule has 0 radical (unpaired) electrons. The van der Waals surface area contributed by atoms with Crippen LogP contribution in [0.4, 0.5) is 18.9 Å². The lowest BCUT2D eigenvalue weighted by Gasteiger charge is -2.30. The van der Waals surface area contributed by atoms with Gasteiger partial charge in [0.05, 0.1) is 26.4 Å². The molecule has 1 N–H and O–H groups in total. The molecule has 1 saturated heterocycles. The Bertz CT molecular complexity index is 1160. The highest BCUT2D eigenvalue weighted by Crippen LogP contribution is 2.40. The highest BCUT2D eigenvalue weighted by atomic mass is 32.1. The second-order valence-electron chi connectivity index (χ2n) is 7.78. The van der Waals surface area contributed by atoms with Gasteiger partial charge in [0, 0.05) is 24.3 Å². The Balaban J connectivity index is 1.67. The Hall–Kier alpha value is -3.11. The van der Waals surface area contributed by atoms with Gasteiger partial charge in [0.25, 0.3) is 5.91 Å². The molecule has 0 spiro atoms. The maximum atomic E-state index is 13.9. The molecule has 0 saturated carbocycles. The molecule has 4 rings (SSSR count). The highest BCUT2D eigenvalue weighted by Gasteiger charge is 2.40. The molecule has 3 aromatic rings. The molecule has 1 aliphatic heterocycles. The van der Waals surface area contributed by atoms with Crippen molar-refractivity contribution in [3.63, 3.8) is 0 Å². The van der Waals surface area contributed by atoms with Crippen molar-refractivity contribution in [1.82, 2.24) is 10.3 Å². The molecule has 1 aromatic heterocycles. The van der Waals surface area contributed by atoms with Crippen LogP contribution in [0.2, 0.25) is 0 Å². The van der Waals surface area contributed by atoms with Crippen molar-refractivity contribution in [1.29, 1.82) is 0 Å². The zero-order valence-electron chi connectivity index (χ0n) is 18.7. The van der Waals surface area contributed by atoms with E-state index in [-0.39, 0.29) is 5.01 Å². The number of benzene rings is 2. The van der Waals surface area contributed by atoms with Crippen molar-refractivity contribution in [2.75, 3.05) is 38.3 Å². The van der Waals surface area contributed by atoms with Crippen LogP contribution < -0.4 is 15.0 Å². The van der Waals surface area contributed by atoms with Gasteiger partial charge in [-0.05, 0) is 36.8 Å². The summed E-state index contributed by atoms with van der Waals surface area (Å²) in [7, 11) is 1.52. The van der Waals surface area contributed by atoms with E-state index in [0.717, 1.165) is 17.0 Å². The van der Waals surface area contributed by atoms with Gasteiger partial charge < -0.3 is 19.7 Å². The van der Waals surface area contributed by atoms with E-state index in [1.165, 1.54) is 7.11 Å². The molecule has 1 atom stereocenters. The van der Waals surface area contributed by atoms with E-state index in [9.17, 15) is 18.0 Å². The first-order valence-corrected chi connectivity index (χ1v) is 11.5. The summed E-state index contributed by atoms with van der Waals surface area (Å²) in [6, 6.07) is 13.6. The van der Waals surface area contributed by atoms with E-state index in [1.807, 2.05) is 12.1 Å². The van der Waals surface area contributed by atoms with Crippen molar-refractivity contribution in [3.05, 3.63) is 64.7 Å². The Morgan fingerprint density at radius 2 is 1.91 bits per heavy atom. The summed E-state index contributed by atoms with van der Waals surface area (Å²) in [6.07, 6.45) is -4.77. The average Bonchev–Trinajstić information content (AvgIpc) is 3.31. The van der Waals surface area contributed by atoms with Crippen LogP contribution in [-0.4, -0.2) is 44.3 Å². The number of amides is 1. The first kappa shape index (κ1) is 24.0. The van der Waals surface area contributed by atoms with E-state index in [0.29, 0.717) is 43.2 Å². The smallest absolute Gasteiger partial charge is 0.435 e. The van der Waals surface area contributed by atoms with Crippen LogP contribution in [0.3, 0.4) is 0 Å². The summed E-state index contributed by atoms with van der Waals surface area (Å²) in [6.45, 7) is 4.03. The van der Waals surface area contributed by atoms with Crippen molar-refractivity contribution in [2.45, 2.75) is 19.1 Å². The number of para-hydroxylation sites is 1. The number of hydrogen-bond acceptors (Lipinski definition) is 6. The Morgan fingerprint density at radius 1 is 1.18 bits per heavy atom. The van der Waals surface area contributed by atoms with Gasteiger partial charge >= 0.3 is 6.18 Å². The summed E-state index contributed by atoms with van der Waals surface area (Å²) in [5, 5.41) is 2.81. The fourth-order valence-corrected chi connectivity index (χ4v) is 4.79. The zero-order valence-corrected chi connectivity index (χ0v) is 19.5. The fourth-order valence-electron chi connectivity index (χ4n) is 3.77. The number of morpholine rings is 1. The summed E-state index contributed by atoms with van der Waals surface area (Å²) in [5.74, 6) is -0.232. The van der Waals surface area contributed by atoms with E-state index in [2.05, 4.69) is 15.2 Å². The summed E-state index contributed by atoms with van der Waals surface area (Å²) in [5.41, 5.74) is 0.855. The lowest BCUT2D eigenvalue weighted by molar-refractivity contribution is -0.141. The topological polar surface area (TPSA) is 63.7 Å². The van der Waals surface area contributed by atoms with Crippen LogP contribution in [0, 0.1) is 0 Å². The van der Waals surface area contributed by atoms with Crippen LogP contribution in [-0.2, 0) is 10.9 Å². The van der Waals surface area contributed by atoms with Gasteiger partial charge in [-0.3, -0.25) is 4.79 Å². The first-order valence-electron chi connectivity index (χ1n) is 10.7. The second-order valence-corrected chi connectivity index (χ2v) is 8.78. The quantitative estimate of drug-likeness (QED) is 0.516. The molecule has 0 aliphatic carbocycles. The molecule has 1 aliphatic rings. The van der Waals surface area contributed by atoms with Crippen molar-refractivity contribution >= 4 is 22.9 Å². The molecule has 2 aromatic carbocycles. The first-order chi connectivity index (χ1) is 16.3. The van der Waals surface area contributed by atoms with Gasteiger partial charge in [-0.15, -0.1) is 11.3 Å². The molecule has 0 bridgehead atoms. The molecule has 1 fully saturated rings. The number of anilines is 1. The number of nitrogens with zero attached hydrogens (tertiary/aromatic N) is 2. The second kappa shape index (κ2) is 10.0. The SMILES string of the molecule is COc1cccc([C@H](C)NC(=O)c2sc(-c3ccccc3N3CCOCC3)nc2C(F)(F)F)c1. The minimum Gasteiger partial charge on any atom is -0.497 e. The predicted molar refractivity (Wildman–Crippen MR) is 124 cm³/mol. The Kier molecular flexibility index (Phi) is 7.08. The number of methoxy groups -OCH3 is 1. The van der Waals surface area contributed by atoms with E-state index < -0.39 is 28.7 Å². The normalized spacial score (nSPS) is 15.1. The predicted octanol–water partition coefficient (Wildman–Crippen LogP) is 5.17. The van der Waals surface area contributed by atoms with Crippen molar-refractivity contribution in [3.8, 4) is 16.3 Å². The number of ether oxygens (including phenoxy) is 2. The lowest BCUT2D eigenvalue weighted by Crippen LogP contribution is -2.36. The number of thiazole rings is 1. The largest absolute Gasteiger partial charge is 0.497 e. The summed E-state index contributed by atoms with van der Waals surface area (Å²) >= 11 is 0.745. The van der Waals surface area contributed by atoms with E-state index in [4.69, 9.17) is 9.47 Å². The van der Waals surface area contributed by atoms with Gasteiger partial charge in [0.15, 0.2) is 5.69 Å². The van der Waals surface area contributed by atoms with Gasteiger partial charge in [-0.1, -0.05) is 24.3 Å². The van der Waals surface area contributed by atoms with Crippen LogP contribution >= 0.6 is 11.3 Å². The number of nitrogens with one attached hydrogen (secondary N) is 1. The molecule has 10 heteroatoms. The summed E-state index contributed by atoms with van der Waals surface area (Å²) in [4.78, 5) is 18.5. The molecule has 180 valence electrons.